The Labute approximate surface area is 127 Å². The Bertz CT molecular complexity index is 490. The SMILES string of the molecule is OC[C@@H]1[C@@H](O)[C@H](O)[C@@H](O)CN1CCc1ccc(Cl)cc1F. The Morgan fingerprint density at radius 3 is 2.57 bits per heavy atom. The first-order valence-electron chi connectivity index (χ1n) is 6.77. The molecule has 0 amide bonds. The van der Waals surface area contributed by atoms with Crippen LogP contribution in [0.25, 0.3) is 0 Å². The number of nitrogens with zero attached hydrogens (tertiary/aromatic N) is 1. The highest BCUT2D eigenvalue weighted by Crippen LogP contribution is 2.20. The Morgan fingerprint density at radius 2 is 1.95 bits per heavy atom. The standard InChI is InChI=1S/C14H19ClFNO4/c15-9-2-1-8(10(16)5-9)3-4-17-6-12(19)14(21)13(20)11(17)7-18/h1-2,5,11-14,18-21H,3-4,6-7H2/t11-,12+,13-,14-/m1/s1. The highest BCUT2D eigenvalue weighted by atomic mass is 35.5. The van der Waals surface area contributed by atoms with Gasteiger partial charge in [-0.1, -0.05) is 17.7 Å². The van der Waals surface area contributed by atoms with Gasteiger partial charge in [0.2, 0.25) is 0 Å². The van der Waals surface area contributed by atoms with E-state index in [9.17, 15) is 24.8 Å². The van der Waals surface area contributed by atoms with Crippen molar-refractivity contribution in [2.45, 2.75) is 30.8 Å². The quantitative estimate of drug-likeness (QED) is 0.617. The average molecular weight is 320 g/mol. The number of β-amino-alcohol motifs (C(OH)–C–C–N with tert-alkyl or cyclic N) is 1. The summed E-state index contributed by atoms with van der Waals surface area (Å²) in [5.74, 6) is -0.416. The summed E-state index contributed by atoms with van der Waals surface area (Å²) in [5, 5.41) is 38.8. The molecule has 7 heteroatoms. The lowest BCUT2D eigenvalue weighted by molar-refractivity contribution is -0.144. The summed E-state index contributed by atoms with van der Waals surface area (Å²) < 4.78 is 13.7. The first kappa shape index (κ1) is 16.6. The lowest BCUT2D eigenvalue weighted by Crippen LogP contribution is -2.62. The monoisotopic (exact) mass is 319 g/mol. The van der Waals surface area contributed by atoms with Gasteiger partial charge in [-0.05, 0) is 24.1 Å². The first-order valence-corrected chi connectivity index (χ1v) is 7.15. The van der Waals surface area contributed by atoms with Gasteiger partial charge < -0.3 is 20.4 Å². The summed E-state index contributed by atoms with van der Waals surface area (Å²) >= 11 is 5.69. The Hall–Kier alpha value is -0.760. The van der Waals surface area contributed by atoms with Crippen LogP contribution in [0.15, 0.2) is 18.2 Å². The summed E-state index contributed by atoms with van der Waals surface area (Å²) in [6.45, 7) is 0.0946. The van der Waals surface area contributed by atoms with Gasteiger partial charge in [0.15, 0.2) is 0 Å². The summed E-state index contributed by atoms with van der Waals surface area (Å²) in [5.41, 5.74) is 0.464. The molecule has 5 nitrogen and oxygen atoms in total. The molecule has 1 aromatic carbocycles. The maximum Gasteiger partial charge on any atom is 0.127 e. The average Bonchev–Trinajstić information content (AvgIpc) is 2.44. The fourth-order valence-electron chi connectivity index (χ4n) is 2.62. The van der Waals surface area contributed by atoms with Crippen molar-refractivity contribution in [3.8, 4) is 0 Å². The molecule has 1 heterocycles. The molecule has 1 aliphatic rings. The molecule has 118 valence electrons. The molecule has 0 bridgehead atoms. The lowest BCUT2D eigenvalue weighted by atomic mass is 9.94. The van der Waals surface area contributed by atoms with Crippen LogP contribution in [-0.4, -0.2) is 69.4 Å². The molecule has 1 aliphatic heterocycles. The van der Waals surface area contributed by atoms with E-state index in [2.05, 4.69) is 0 Å². The van der Waals surface area contributed by atoms with Crippen molar-refractivity contribution in [2.24, 2.45) is 0 Å². The molecule has 0 aliphatic carbocycles. The predicted octanol–water partition coefficient (Wildman–Crippen LogP) is -0.219. The Kier molecular flexibility index (Phi) is 5.54. The van der Waals surface area contributed by atoms with Gasteiger partial charge in [0.1, 0.15) is 18.0 Å². The third-order valence-corrected chi connectivity index (χ3v) is 4.13. The van der Waals surface area contributed by atoms with Crippen LogP contribution in [0.4, 0.5) is 4.39 Å². The predicted molar refractivity (Wildman–Crippen MR) is 75.6 cm³/mol. The van der Waals surface area contributed by atoms with Gasteiger partial charge in [0.05, 0.1) is 18.8 Å². The number of halogens is 2. The topological polar surface area (TPSA) is 84.2 Å². The van der Waals surface area contributed by atoms with Gasteiger partial charge in [0.25, 0.3) is 0 Å². The lowest BCUT2D eigenvalue weighted by Gasteiger charge is -2.43. The number of piperidine rings is 1. The van der Waals surface area contributed by atoms with E-state index in [4.69, 9.17) is 11.6 Å². The largest absolute Gasteiger partial charge is 0.395 e. The van der Waals surface area contributed by atoms with Crippen LogP contribution in [0.2, 0.25) is 5.02 Å². The normalized spacial score (nSPS) is 30.6. The molecule has 4 atom stereocenters. The van der Waals surface area contributed by atoms with Crippen LogP contribution in [0.5, 0.6) is 0 Å². The van der Waals surface area contributed by atoms with Crippen LogP contribution in [-0.2, 0) is 6.42 Å². The summed E-state index contributed by atoms with van der Waals surface area (Å²) in [7, 11) is 0. The fraction of sp³-hybridized carbons (Fsp3) is 0.571. The molecule has 1 aromatic rings. The minimum atomic E-state index is -1.29. The number of aliphatic hydroxyl groups is 4. The highest BCUT2D eigenvalue weighted by Gasteiger charge is 2.40. The van der Waals surface area contributed by atoms with E-state index < -0.39 is 30.2 Å². The second-order valence-corrected chi connectivity index (χ2v) is 5.72. The van der Waals surface area contributed by atoms with Gasteiger partial charge >= 0.3 is 0 Å². The van der Waals surface area contributed by atoms with E-state index in [1.165, 1.54) is 6.07 Å². The van der Waals surface area contributed by atoms with Crippen LogP contribution >= 0.6 is 11.6 Å². The highest BCUT2D eigenvalue weighted by molar-refractivity contribution is 6.30. The van der Waals surface area contributed by atoms with Crippen LogP contribution in [0, 0.1) is 5.82 Å². The number of benzene rings is 1. The molecular formula is C14H19ClFNO4. The molecule has 21 heavy (non-hydrogen) atoms. The number of rotatable bonds is 4. The van der Waals surface area contributed by atoms with E-state index >= 15 is 0 Å². The molecule has 0 aromatic heterocycles. The van der Waals surface area contributed by atoms with Gasteiger partial charge in [-0.25, -0.2) is 4.39 Å². The third-order valence-electron chi connectivity index (χ3n) is 3.90. The summed E-state index contributed by atoms with van der Waals surface area (Å²) in [4.78, 5) is 1.65. The second kappa shape index (κ2) is 7.00. The maximum atomic E-state index is 13.7. The van der Waals surface area contributed by atoms with E-state index in [-0.39, 0.29) is 13.2 Å². The van der Waals surface area contributed by atoms with E-state index in [0.717, 1.165) is 0 Å². The second-order valence-electron chi connectivity index (χ2n) is 5.28. The zero-order valence-electron chi connectivity index (χ0n) is 11.4. The Balaban J connectivity index is 2.03. The van der Waals surface area contributed by atoms with Crippen molar-refractivity contribution in [1.82, 2.24) is 4.90 Å². The van der Waals surface area contributed by atoms with Crippen LogP contribution in [0.1, 0.15) is 5.56 Å². The number of aliphatic hydroxyl groups excluding tert-OH is 4. The number of likely N-dealkylation sites (tertiary alicyclic amines) is 1. The molecular weight excluding hydrogens is 301 g/mol. The maximum absolute atomic E-state index is 13.7. The van der Waals surface area contributed by atoms with Gasteiger partial charge in [0, 0.05) is 18.1 Å². The molecule has 0 unspecified atom stereocenters. The van der Waals surface area contributed by atoms with Gasteiger partial charge in [-0.15, -0.1) is 0 Å². The molecule has 0 radical (unpaired) electrons. The van der Waals surface area contributed by atoms with Crippen molar-refractivity contribution >= 4 is 11.6 Å². The minimum Gasteiger partial charge on any atom is -0.395 e. The minimum absolute atomic E-state index is 0.110. The van der Waals surface area contributed by atoms with Crippen LogP contribution in [0.3, 0.4) is 0 Å². The molecule has 1 saturated heterocycles. The smallest absolute Gasteiger partial charge is 0.127 e. The molecule has 0 saturated carbocycles. The zero-order valence-corrected chi connectivity index (χ0v) is 12.1. The molecule has 4 N–H and O–H groups in total. The van der Waals surface area contributed by atoms with E-state index in [1.807, 2.05) is 0 Å². The van der Waals surface area contributed by atoms with Crippen molar-refractivity contribution in [2.75, 3.05) is 19.7 Å². The van der Waals surface area contributed by atoms with Crippen LogP contribution < -0.4 is 0 Å². The van der Waals surface area contributed by atoms with Crippen molar-refractivity contribution < 1.29 is 24.8 Å². The summed E-state index contributed by atoms with van der Waals surface area (Å²) in [6, 6.07) is 3.72. The van der Waals surface area contributed by atoms with Crippen molar-refractivity contribution in [3.05, 3.63) is 34.6 Å². The van der Waals surface area contributed by atoms with Gasteiger partial charge in [-0.3, -0.25) is 4.90 Å². The number of hydrogen-bond acceptors (Lipinski definition) is 5. The summed E-state index contributed by atoms with van der Waals surface area (Å²) in [6.07, 6.45) is -3.29. The fourth-order valence-corrected chi connectivity index (χ4v) is 2.78. The number of hydrogen-bond donors (Lipinski definition) is 4. The molecule has 2 rings (SSSR count). The van der Waals surface area contributed by atoms with E-state index in [1.54, 1.807) is 17.0 Å². The van der Waals surface area contributed by atoms with Crippen molar-refractivity contribution in [3.63, 3.8) is 0 Å². The van der Waals surface area contributed by atoms with Gasteiger partial charge in [-0.2, -0.15) is 0 Å². The zero-order chi connectivity index (χ0) is 15.6. The molecule has 0 spiro atoms. The van der Waals surface area contributed by atoms with E-state index in [0.29, 0.717) is 23.6 Å². The first-order chi connectivity index (χ1) is 9.93. The molecule has 1 fully saturated rings. The van der Waals surface area contributed by atoms with Crippen molar-refractivity contribution in [1.29, 1.82) is 0 Å². The Morgan fingerprint density at radius 1 is 1.24 bits per heavy atom. The third kappa shape index (κ3) is 3.71.